The Morgan fingerprint density at radius 3 is 2.10 bits per heavy atom. The van der Waals surface area contributed by atoms with Gasteiger partial charge in [0.15, 0.2) is 0 Å². The third kappa shape index (κ3) is 8.75. The molecule has 0 aliphatic heterocycles. The van der Waals surface area contributed by atoms with Crippen molar-refractivity contribution in [1.82, 2.24) is 20.3 Å². The summed E-state index contributed by atoms with van der Waals surface area (Å²) in [5, 5.41) is 5.12. The average molecular weight is 553 g/mol. The quantitative estimate of drug-likeness (QED) is 0.304. The Labute approximate surface area is 226 Å². The molecular weight excluding hydrogens is 524 g/mol. The summed E-state index contributed by atoms with van der Waals surface area (Å²) in [5.74, 6) is -2.60. The van der Waals surface area contributed by atoms with Gasteiger partial charge in [0.25, 0.3) is 27.7 Å². The van der Waals surface area contributed by atoms with Gasteiger partial charge in [0, 0.05) is 18.3 Å². The molecule has 1 heterocycles. The molecule has 0 aliphatic rings. The van der Waals surface area contributed by atoms with E-state index in [9.17, 15) is 27.6 Å². The highest BCUT2D eigenvalue weighted by atomic mass is 32.2. The highest BCUT2D eigenvalue weighted by molar-refractivity contribution is 7.90. The third-order valence-electron chi connectivity index (χ3n) is 5.21. The van der Waals surface area contributed by atoms with E-state index in [1.807, 2.05) is 35.1 Å². The van der Waals surface area contributed by atoms with Crippen molar-refractivity contribution >= 4 is 33.7 Å². The molecule has 11 nitrogen and oxygen atoms in total. The lowest BCUT2D eigenvalue weighted by Crippen LogP contribution is -2.32. The SMILES string of the molecule is CC(C)OC(=O)CNC(=O)c1ccc(C(=O)NS(=O)(=O)c2ccc(C(=O)NCCc3ccccc3)cc2)cn1. The molecule has 3 amide bonds. The molecule has 3 N–H and O–H groups in total. The summed E-state index contributed by atoms with van der Waals surface area (Å²) in [6.07, 6.45) is 1.36. The smallest absolute Gasteiger partial charge is 0.325 e. The number of sulfonamides is 1. The fourth-order valence-electron chi connectivity index (χ4n) is 3.30. The van der Waals surface area contributed by atoms with E-state index in [1.165, 1.54) is 36.4 Å². The van der Waals surface area contributed by atoms with Crippen molar-refractivity contribution in [2.45, 2.75) is 31.3 Å². The summed E-state index contributed by atoms with van der Waals surface area (Å²) in [6, 6.07) is 17.2. The van der Waals surface area contributed by atoms with E-state index in [4.69, 9.17) is 4.74 Å². The van der Waals surface area contributed by atoms with Crippen LogP contribution >= 0.6 is 0 Å². The van der Waals surface area contributed by atoms with Gasteiger partial charge in [0.05, 0.1) is 16.6 Å². The van der Waals surface area contributed by atoms with Crippen molar-refractivity contribution in [3.63, 3.8) is 0 Å². The van der Waals surface area contributed by atoms with Crippen molar-refractivity contribution in [2.75, 3.05) is 13.1 Å². The molecule has 0 atom stereocenters. The van der Waals surface area contributed by atoms with Gasteiger partial charge < -0.3 is 15.4 Å². The fourth-order valence-corrected chi connectivity index (χ4v) is 4.28. The zero-order chi connectivity index (χ0) is 28.4. The number of benzene rings is 2. The average Bonchev–Trinajstić information content (AvgIpc) is 2.92. The Morgan fingerprint density at radius 1 is 0.821 bits per heavy atom. The number of ether oxygens (including phenoxy) is 1. The molecule has 204 valence electrons. The van der Waals surface area contributed by atoms with Crippen molar-refractivity contribution in [1.29, 1.82) is 0 Å². The molecule has 12 heteroatoms. The summed E-state index contributed by atoms with van der Waals surface area (Å²) in [5.41, 5.74) is 1.16. The van der Waals surface area contributed by atoms with E-state index in [-0.39, 0.29) is 40.3 Å². The van der Waals surface area contributed by atoms with Gasteiger partial charge in [0.2, 0.25) is 0 Å². The number of carbonyl (C=O) groups excluding carboxylic acids is 4. The highest BCUT2D eigenvalue weighted by Gasteiger charge is 2.20. The van der Waals surface area contributed by atoms with Crippen molar-refractivity contribution < 1.29 is 32.3 Å². The normalized spacial score (nSPS) is 10.9. The lowest BCUT2D eigenvalue weighted by Gasteiger charge is -2.10. The molecule has 0 saturated carbocycles. The van der Waals surface area contributed by atoms with Crippen molar-refractivity contribution in [3.8, 4) is 0 Å². The number of pyridine rings is 1. The topological polar surface area (TPSA) is 161 Å². The largest absolute Gasteiger partial charge is 0.462 e. The Kier molecular flexibility index (Phi) is 9.87. The number of hydrogen-bond donors (Lipinski definition) is 3. The van der Waals surface area contributed by atoms with Gasteiger partial charge in [-0.3, -0.25) is 24.2 Å². The van der Waals surface area contributed by atoms with Crippen LogP contribution in [0.1, 0.15) is 50.6 Å². The molecule has 0 bridgehead atoms. The molecule has 1 aromatic heterocycles. The van der Waals surface area contributed by atoms with Crippen LogP contribution in [0.4, 0.5) is 0 Å². The van der Waals surface area contributed by atoms with E-state index in [1.54, 1.807) is 13.8 Å². The number of amides is 3. The Bertz CT molecular complexity index is 1420. The van der Waals surface area contributed by atoms with E-state index >= 15 is 0 Å². The Hall–Kier alpha value is -4.58. The number of nitrogens with one attached hydrogen (secondary N) is 3. The van der Waals surface area contributed by atoms with Gasteiger partial charge in [-0.05, 0) is 62.2 Å². The number of aromatic nitrogens is 1. The molecule has 0 spiro atoms. The van der Waals surface area contributed by atoms with Gasteiger partial charge >= 0.3 is 5.97 Å². The number of rotatable bonds is 11. The minimum Gasteiger partial charge on any atom is -0.462 e. The van der Waals surface area contributed by atoms with Crippen molar-refractivity contribution in [3.05, 3.63) is 95.3 Å². The molecule has 0 radical (unpaired) electrons. The van der Waals surface area contributed by atoms with Crippen LogP contribution in [0.25, 0.3) is 0 Å². The molecule has 0 fully saturated rings. The number of esters is 1. The van der Waals surface area contributed by atoms with Crippen LogP contribution in [0.3, 0.4) is 0 Å². The van der Waals surface area contributed by atoms with E-state index in [0.717, 1.165) is 11.8 Å². The van der Waals surface area contributed by atoms with Crippen LogP contribution < -0.4 is 15.4 Å². The first-order chi connectivity index (χ1) is 18.5. The van der Waals surface area contributed by atoms with Crippen LogP contribution in [0.15, 0.2) is 77.8 Å². The first-order valence-electron chi connectivity index (χ1n) is 12.0. The molecule has 0 aliphatic carbocycles. The Balaban J connectivity index is 1.54. The second kappa shape index (κ2) is 13.3. The Morgan fingerprint density at radius 2 is 1.49 bits per heavy atom. The molecule has 2 aromatic carbocycles. The number of carbonyl (C=O) groups is 4. The minimum atomic E-state index is -4.25. The summed E-state index contributed by atoms with van der Waals surface area (Å²) >= 11 is 0. The summed E-state index contributed by atoms with van der Waals surface area (Å²) in [4.78, 5) is 52.1. The highest BCUT2D eigenvalue weighted by Crippen LogP contribution is 2.12. The van der Waals surface area contributed by atoms with Gasteiger partial charge in [-0.2, -0.15) is 0 Å². The van der Waals surface area contributed by atoms with E-state index in [2.05, 4.69) is 15.6 Å². The molecule has 39 heavy (non-hydrogen) atoms. The maximum Gasteiger partial charge on any atom is 0.325 e. The second-order valence-corrected chi connectivity index (χ2v) is 10.3. The van der Waals surface area contributed by atoms with Crippen LogP contribution in [0.5, 0.6) is 0 Å². The zero-order valence-corrected chi connectivity index (χ0v) is 22.2. The summed E-state index contributed by atoms with van der Waals surface area (Å²) < 4.78 is 32.2. The third-order valence-corrected chi connectivity index (χ3v) is 6.56. The lowest BCUT2D eigenvalue weighted by molar-refractivity contribution is -0.146. The molecule has 3 aromatic rings. The van der Waals surface area contributed by atoms with Crippen LogP contribution in [-0.2, 0) is 26.0 Å². The second-order valence-electron chi connectivity index (χ2n) is 8.60. The first-order valence-corrected chi connectivity index (χ1v) is 13.5. The molecular formula is C27H28N4O7S. The molecule has 3 rings (SSSR count). The lowest BCUT2D eigenvalue weighted by atomic mass is 10.1. The van der Waals surface area contributed by atoms with Gasteiger partial charge in [-0.1, -0.05) is 30.3 Å². The summed E-state index contributed by atoms with van der Waals surface area (Å²) in [6.45, 7) is 3.41. The van der Waals surface area contributed by atoms with Crippen LogP contribution in [0, 0.1) is 0 Å². The minimum absolute atomic E-state index is 0.0793. The van der Waals surface area contributed by atoms with Gasteiger partial charge in [-0.25, -0.2) is 13.1 Å². The number of hydrogen-bond acceptors (Lipinski definition) is 8. The van der Waals surface area contributed by atoms with Gasteiger partial charge in [-0.15, -0.1) is 0 Å². The molecule has 0 saturated heterocycles. The summed E-state index contributed by atoms with van der Waals surface area (Å²) in [7, 11) is -4.25. The van der Waals surface area contributed by atoms with Gasteiger partial charge in [0.1, 0.15) is 12.2 Å². The predicted octanol–water partition coefficient (Wildman–Crippen LogP) is 1.85. The van der Waals surface area contributed by atoms with Crippen LogP contribution in [-0.4, -0.2) is 56.3 Å². The molecule has 0 unspecified atom stereocenters. The van der Waals surface area contributed by atoms with Crippen molar-refractivity contribution in [2.24, 2.45) is 0 Å². The fraction of sp³-hybridized carbons (Fsp3) is 0.222. The standard InChI is InChI=1S/C27H28N4O7S/c1-18(2)38-24(32)17-30-27(35)23-13-10-21(16-29-23)26(34)31-39(36,37)22-11-8-20(9-12-22)25(33)28-15-14-19-6-4-3-5-7-19/h3-13,16,18H,14-15,17H2,1-2H3,(H,28,33)(H,30,35)(H,31,34). The van der Waals surface area contributed by atoms with E-state index in [0.29, 0.717) is 13.0 Å². The maximum atomic E-state index is 12.7. The predicted molar refractivity (Wildman–Crippen MR) is 141 cm³/mol. The van der Waals surface area contributed by atoms with E-state index < -0.39 is 27.8 Å². The number of nitrogens with zero attached hydrogens (tertiary/aromatic N) is 1. The van der Waals surface area contributed by atoms with Crippen LogP contribution in [0.2, 0.25) is 0 Å². The monoisotopic (exact) mass is 552 g/mol. The maximum absolute atomic E-state index is 12.7. The zero-order valence-electron chi connectivity index (χ0n) is 21.3. The first kappa shape index (κ1) is 29.0.